The first-order valence-electron chi connectivity index (χ1n) is 7.23. The van der Waals surface area contributed by atoms with E-state index in [1.165, 1.54) is 36.8 Å². The zero-order valence-electron chi connectivity index (χ0n) is 12.1. The number of hydrogen-bond donors (Lipinski definition) is 2. The number of nitrogens with one attached hydrogen (secondary N) is 1. The lowest BCUT2D eigenvalue weighted by molar-refractivity contribution is 0.419. The Morgan fingerprint density at radius 1 is 1.28 bits per heavy atom. The van der Waals surface area contributed by atoms with Crippen LogP contribution in [0.25, 0.3) is 0 Å². The van der Waals surface area contributed by atoms with Crippen LogP contribution in [0.5, 0.6) is 0 Å². The van der Waals surface area contributed by atoms with Crippen LogP contribution in [-0.4, -0.2) is 6.54 Å². The predicted molar refractivity (Wildman–Crippen MR) is 80.6 cm³/mol. The highest BCUT2D eigenvalue weighted by Gasteiger charge is 2.06. The van der Waals surface area contributed by atoms with Crippen LogP contribution in [0.1, 0.15) is 50.7 Å². The van der Waals surface area contributed by atoms with Gasteiger partial charge < -0.3 is 11.1 Å². The number of nitrogen functional groups attached to an aromatic ring is 1. The molecule has 18 heavy (non-hydrogen) atoms. The summed E-state index contributed by atoms with van der Waals surface area (Å²) in [6, 6.07) is 6.16. The molecule has 2 heteroatoms. The molecule has 0 saturated heterocycles. The van der Waals surface area contributed by atoms with Gasteiger partial charge in [-0.15, -0.1) is 0 Å². The highest BCUT2D eigenvalue weighted by Crippen LogP contribution is 2.16. The zero-order valence-corrected chi connectivity index (χ0v) is 12.1. The maximum atomic E-state index is 5.92. The van der Waals surface area contributed by atoms with Gasteiger partial charge in [-0.05, 0) is 43.0 Å². The van der Waals surface area contributed by atoms with Crippen LogP contribution in [0.3, 0.4) is 0 Å². The normalized spacial score (nSPS) is 12.6. The van der Waals surface area contributed by atoms with Crippen LogP contribution in [0, 0.1) is 12.8 Å². The first-order valence-corrected chi connectivity index (χ1v) is 7.23. The summed E-state index contributed by atoms with van der Waals surface area (Å²) in [4.78, 5) is 0. The molecule has 0 amide bonds. The Kier molecular flexibility index (Phi) is 6.81. The largest absolute Gasteiger partial charge is 0.399 e. The van der Waals surface area contributed by atoms with E-state index in [2.05, 4.69) is 32.2 Å². The lowest BCUT2D eigenvalue weighted by atomic mass is 9.99. The summed E-state index contributed by atoms with van der Waals surface area (Å²) >= 11 is 0. The molecule has 0 fully saturated rings. The monoisotopic (exact) mass is 248 g/mol. The first-order chi connectivity index (χ1) is 8.69. The summed E-state index contributed by atoms with van der Waals surface area (Å²) in [6.07, 6.45) is 5.25. The Labute approximate surface area is 112 Å². The van der Waals surface area contributed by atoms with E-state index >= 15 is 0 Å². The molecule has 1 atom stereocenters. The van der Waals surface area contributed by atoms with Crippen LogP contribution in [0.2, 0.25) is 0 Å². The summed E-state index contributed by atoms with van der Waals surface area (Å²) in [6.45, 7) is 8.69. The maximum Gasteiger partial charge on any atom is 0.0346 e. The van der Waals surface area contributed by atoms with Crippen LogP contribution in [0.15, 0.2) is 18.2 Å². The van der Waals surface area contributed by atoms with Gasteiger partial charge in [0, 0.05) is 12.2 Å². The van der Waals surface area contributed by atoms with E-state index in [-0.39, 0.29) is 0 Å². The van der Waals surface area contributed by atoms with E-state index in [9.17, 15) is 0 Å². The second-order valence-corrected chi connectivity index (χ2v) is 5.18. The molecular formula is C16H28N2. The fraction of sp³-hybridized carbons (Fsp3) is 0.625. The second kappa shape index (κ2) is 8.15. The van der Waals surface area contributed by atoms with Gasteiger partial charge in [0.05, 0.1) is 0 Å². The summed E-state index contributed by atoms with van der Waals surface area (Å²) in [5.74, 6) is 0.811. The van der Waals surface area contributed by atoms with Crippen molar-refractivity contribution in [3.05, 3.63) is 29.3 Å². The Hall–Kier alpha value is -1.02. The van der Waals surface area contributed by atoms with Gasteiger partial charge >= 0.3 is 0 Å². The summed E-state index contributed by atoms with van der Waals surface area (Å²) < 4.78 is 0. The van der Waals surface area contributed by atoms with E-state index in [1.54, 1.807) is 0 Å². The van der Waals surface area contributed by atoms with Crippen molar-refractivity contribution in [3.8, 4) is 0 Å². The molecule has 0 aliphatic rings. The van der Waals surface area contributed by atoms with Crippen molar-refractivity contribution < 1.29 is 0 Å². The number of rotatable bonds is 8. The average molecular weight is 248 g/mol. The minimum Gasteiger partial charge on any atom is -0.399 e. The molecule has 0 aliphatic carbocycles. The quantitative estimate of drug-likeness (QED) is 0.685. The Morgan fingerprint density at radius 3 is 2.72 bits per heavy atom. The number of anilines is 1. The van der Waals surface area contributed by atoms with Gasteiger partial charge in [-0.1, -0.05) is 45.2 Å². The van der Waals surface area contributed by atoms with E-state index in [0.29, 0.717) is 0 Å². The second-order valence-electron chi connectivity index (χ2n) is 5.18. The molecule has 1 unspecified atom stereocenters. The Bertz CT molecular complexity index is 347. The number of unbranched alkanes of at least 4 members (excludes halogenated alkanes) is 1. The minimum atomic E-state index is 0.811. The van der Waals surface area contributed by atoms with Crippen molar-refractivity contribution in [1.29, 1.82) is 0 Å². The maximum absolute atomic E-state index is 5.92. The van der Waals surface area contributed by atoms with E-state index in [1.807, 2.05) is 12.1 Å². The zero-order chi connectivity index (χ0) is 13.4. The standard InChI is InChI=1S/C16H28N2/c1-4-6-8-14(5-2)11-18-12-15-9-7-10-16(17)13(15)3/h7,9-10,14,18H,4-6,8,11-12,17H2,1-3H3. The lowest BCUT2D eigenvalue weighted by Crippen LogP contribution is -2.22. The van der Waals surface area contributed by atoms with E-state index < -0.39 is 0 Å². The third kappa shape index (κ3) is 4.69. The number of hydrogen-bond acceptors (Lipinski definition) is 2. The summed E-state index contributed by atoms with van der Waals surface area (Å²) in [7, 11) is 0. The van der Waals surface area contributed by atoms with Gasteiger partial charge in [0.15, 0.2) is 0 Å². The first kappa shape index (κ1) is 15.0. The van der Waals surface area contributed by atoms with Crippen molar-refractivity contribution in [2.75, 3.05) is 12.3 Å². The molecular weight excluding hydrogens is 220 g/mol. The third-order valence-corrected chi connectivity index (χ3v) is 3.78. The molecule has 0 radical (unpaired) electrons. The predicted octanol–water partition coefficient (Wildman–Crippen LogP) is 3.88. The van der Waals surface area contributed by atoms with Crippen molar-refractivity contribution in [2.45, 2.75) is 53.0 Å². The molecule has 0 saturated carbocycles. The fourth-order valence-electron chi connectivity index (χ4n) is 2.25. The number of nitrogens with two attached hydrogens (primary N) is 1. The van der Waals surface area contributed by atoms with Crippen molar-refractivity contribution in [1.82, 2.24) is 5.32 Å². The smallest absolute Gasteiger partial charge is 0.0346 e. The minimum absolute atomic E-state index is 0.811. The molecule has 1 rings (SSSR count). The van der Waals surface area contributed by atoms with Gasteiger partial charge in [-0.3, -0.25) is 0 Å². The Morgan fingerprint density at radius 2 is 2.06 bits per heavy atom. The van der Waals surface area contributed by atoms with Gasteiger partial charge in [-0.2, -0.15) is 0 Å². The summed E-state index contributed by atoms with van der Waals surface area (Å²) in [5.41, 5.74) is 9.35. The van der Waals surface area contributed by atoms with Crippen LogP contribution in [-0.2, 0) is 6.54 Å². The van der Waals surface area contributed by atoms with Gasteiger partial charge in [0.2, 0.25) is 0 Å². The highest BCUT2D eigenvalue weighted by atomic mass is 14.9. The molecule has 102 valence electrons. The molecule has 2 nitrogen and oxygen atoms in total. The molecule has 1 aromatic rings. The van der Waals surface area contributed by atoms with Crippen molar-refractivity contribution >= 4 is 5.69 Å². The van der Waals surface area contributed by atoms with Gasteiger partial charge in [0.1, 0.15) is 0 Å². The Balaban J connectivity index is 2.38. The van der Waals surface area contributed by atoms with Gasteiger partial charge in [-0.25, -0.2) is 0 Å². The van der Waals surface area contributed by atoms with E-state index in [4.69, 9.17) is 5.73 Å². The molecule has 3 N–H and O–H groups in total. The fourth-order valence-corrected chi connectivity index (χ4v) is 2.25. The van der Waals surface area contributed by atoms with Crippen LogP contribution >= 0.6 is 0 Å². The number of benzene rings is 1. The van der Waals surface area contributed by atoms with Gasteiger partial charge in [0.25, 0.3) is 0 Å². The third-order valence-electron chi connectivity index (χ3n) is 3.78. The SMILES string of the molecule is CCCCC(CC)CNCc1cccc(N)c1C. The topological polar surface area (TPSA) is 38.0 Å². The van der Waals surface area contributed by atoms with Crippen LogP contribution in [0.4, 0.5) is 5.69 Å². The summed E-state index contributed by atoms with van der Waals surface area (Å²) in [5, 5.41) is 3.57. The molecule has 0 heterocycles. The molecule has 0 aromatic heterocycles. The molecule has 0 bridgehead atoms. The van der Waals surface area contributed by atoms with Crippen LogP contribution < -0.4 is 11.1 Å². The van der Waals surface area contributed by atoms with Crippen molar-refractivity contribution in [3.63, 3.8) is 0 Å². The van der Waals surface area contributed by atoms with E-state index in [0.717, 1.165) is 24.7 Å². The average Bonchev–Trinajstić information content (AvgIpc) is 2.38. The lowest BCUT2D eigenvalue weighted by Gasteiger charge is -2.16. The molecule has 0 spiro atoms. The highest BCUT2D eigenvalue weighted by molar-refractivity contribution is 5.49. The molecule has 1 aromatic carbocycles. The van der Waals surface area contributed by atoms with Crippen molar-refractivity contribution in [2.24, 2.45) is 5.92 Å². The molecule has 0 aliphatic heterocycles.